The molecule has 0 N–H and O–H groups in total. The second-order valence-electron chi connectivity index (χ2n) is 2.34. The molecule has 0 amide bonds. The molecule has 0 aliphatic heterocycles. The fourth-order valence-electron chi connectivity index (χ4n) is 0.775. The zero-order valence-corrected chi connectivity index (χ0v) is 10.3. The minimum Gasteiger partial charge on any atom is -0.126 e. The summed E-state index contributed by atoms with van der Waals surface area (Å²) in [5.74, 6) is 1.20. The predicted octanol–water partition coefficient (Wildman–Crippen LogP) is 4.26. The molecule has 0 fully saturated rings. The van der Waals surface area contributed by atoms with Crippen LogP contribution in [0, 0.1) is 0 Å². The fourth-order valence-corrected chi connectivity index (χ4v) is 2.65. The maximum Gasteiger partial charge on any atom is 0.0406 e. The van der Waals surface area contributed by atoms with Crippen molar-refractivity contribution in [2.45, 2.75) is 11.3 Å². The van der Waals surface area contributed by atoms with Crippen molar-refractivity contribution in [3.05, 3.63) is 29.3 Å². The van der Waals surface area contributed by atoms with Gasteiger partial charge in [-0.3, -0.25) is 0 Å². The molecule has 1 rings (SSSR count). The van der Waals surface area contributed by atoms with Crippen LogP contribution in [0.15, 0.2) is 29.2 Å². The Morgan fingerprint density at radius 2 is 1.92 bits per heavy atom. The monoisotopic (exact) mass is 312 g/mol. The van der Waals surface area contributed by atoms with E-state index >= 15 is 0 Å². The van der Waals surface area contributed by atoms with Crippen molar-refractivity contribution in [1.29, 1.82) is 0 Å². The largest absolute Gasteiger partial charge is 0.126 e. The summed E-state index contributed by atoms with van der Waals surface area (Å²) in [6, 6.07) is 8.02. The van der Waals surface area contributed by atoms with E-state index < -0.39 is 0 Å². The van der Waals surface area contributed by atoms with Gasteiger partial charge in [-0.05, 0) is 36.4 Å². The van der Waals surface area contributed by atoms with E-state index in [1.54, 1.807) is 0 Å². The average Bonchev–Trinajstić information content (AvgIpc) is 2.09. The van der Waals surface area contributed by atoms with Crippen LogP contribution in [0.4, 0.5) is 0 Å². The Morgan fingerprint density at radius 1 is 1.25 bits per heavy atom. The minimum absolute atomic E-state index is 0.813. The Labute approximate surface area is 96.2 Å². The van der Waals surface area contributed by atoms with Gasteiger partial charge in [0.05, 0.1) is 0 Å². The molecule has 1 aromatic rings. The molecule has 0 unspecified atom stereocenters. The summed E-state index contributed by atoms with van der Waals surface area (Å²) in [5, 5.41) is 0.813. The number of halogens is 2. The lowest BCUT2D eigenvalue weighted by atomic mass is 10.4. The Bertz CT molecular complexity index is 222. The Balaban J connectivity index is 2.37. The molecule has 0 saturated carbocycles. The van der Waals surface area contributed by atoms with Gasteiger partial charge in [0, 0.05) is 14.3 Å². The SMILES string of the molecule is Clc1ccc(SCCCI)cc1. The molecule has 0 saturated heterocycles. The van der Waals surface area contributed by atoms with Crippen molar-refractivity contribution in [2.24, 2.45) is 0 Å². The maximum atomic E-state index is 5.76. The summed E-state index contributed by atoms with van der Waals surface area (Å²) in [7, 11) is 0. The molecule has 0 aliphatic carbocycles. The summed E-state index contributed by atoms with van der Waals surface area (Å²) < 4.78 is 1.23. The van der Waals surface area contributed by atoms with Crippen molar-refractivity contribution in [3.8, 4) is 0 Å². The molecule has 66 valence electrons. The van der Waals surface area contributed by atoms with E-state index in [4.69, 9.17) is 11.6 Å². The highest BCUT2D eigenvalue weighted by Crippen LogP contribution is 2.20. The fraction of sp³-hybridized carbons (Fsp3) is 0.333. The van der Waals surface area contributed by atoms with E-state index in [1.807, 2.05) is 23.9 Å². The third-order valence-corrected chi connectivity index (χ3v) is 3.47. The molecular weight excluding hydrogens is 303 g/mol. The zero-order valence-electron chi connectivity index (χ0n) is 6.59. The Morgan fingerprint density at radius 3 is 2.50 bits per heavy atom. The summed E-state index contributed by atoms with van der Waals surface area (Å²) in [6.07, 6.45) is 1.27. The van der Waals surface area contributed by atoms with Crippen LogP contribution in [-0.2, 0) is 0 Å². The second kappa shape index (κ2) is 6.11. The molecule has 0 spiro atoms. The highest BCUT2D eigenvalue weighted by atomic mass is 127. The number of rotatable bonds is 4. The quantitative estimate of drug-likeness (QED) is 0.346. The first-order chi connectivity index (χ1) is 5.83. The molecule has 0 nitrogen and oxygen atoms in total. The summed E-state index contributed by atoms with van der Waals surface area (Å²) in [6.45, 7) is 0. The number of thioether (sulfide) groups is 1. The summed E-state index contributed by atoms with van der Waals surface area (Å²) in [4.78, 5) is 1.31. The highest BCUT2D eigenvalue weighted by Gasteiger charge is 1.92. The molecule has 0 bridgehead atoms. The number of alkyl halides is 1. The molecular formula is C9H10ClIS. The van der Waals surface area contributed by atoms with E-state index in [2.05, 4.69) is 34.7 Å². The van der Waals surface area contributed by atoms with Crippen LogP contribution in [0.25, 0.3) is 0 Å². The normalized spacial score (nSPS) is 10.2. The van der Waals surface area contributed by atoms with Crippen LogP contribution in [0.5, 0.6) is 0 Å². The lowest BCUT2D eigenvalue weighted by molar-refractivity contribution is 1.14. The first-order valence-electron chi connectivity index (χ1n) is 3.77. The average molecular weight is 313 g/mol. The van der Waals surface area contributed by atoms with Crippen LogP contribution in [0.3, 0.4) is 0 Å². The first-order valence-corrected chi connectivity index (χ1v) is 6.66. The van der Waals surface area contributed by atoms with E-state index in [0.717, 1.165) is 5.02 Å². The number of hydrogen-bond acceptors (Lipinski definition) is 1. The summed E-state index contributed by atoms with van der Waals surface area (Å²) in [5.41, 5.74) is 0. The van der Waals surface area contributed by atoms with Crippen molar-refractivity contribution in [2.75, 3.05) is 10.2 Å². The van der Waals surface area contributed by atoms with Crippen LogP contribution >= 0.6 is 46.0 Å². The van der Waals surface area contributed by atoms with Gasteiger partial charge in [0.15, 0.2) is 0 Å². The van der Waals surface area contributed by atoms with Gasteiger partial charge in [0.2, 0.25) is 0 Å². The smallest absolute Gasteiger partial charge is 0.0406 e. The van der Waals surface area contributed by atoms with Crippen molar-refractivity contribution in [3.63, 3.8) is 0 Å². The lowest BCUT2D eigenvalue weighted by Gasteiger charge is -1.99. The maximum absolute atomic E-state index is 5.76. The third kappa shape index (κ3) is 4.01. The zero-order chi connectivity index (χ0) is 8.81. The lowest BCUT2D eigenvalue weighted by Crippen LogP contribution is -1.79. The van der Waals surface area contributed by atoms with Gasteiger partial charge in [0.25, 0.3) is 0 Å². The number of hydrogen-bond donors (Lipinski definition) is 0. The van der Waals surface area contributed by atoms with E-state index in [9.17, 15) is 0 Å². The Hall–Kier alpha value is 0.590. The van der Waals surface area contributed by atoms with E-state index in [0.29, 0.717) is 0 Å². The molecule has 1 aromatic carbocycles. The third-order valence-electron chi connectivity index (χ3n) is 1.36. The standard InChI is InChI=1S/C9H10ClIS/c10-8-2-4-9(5-3-8)12-7-1-6-11/h2-5H,1,6-7H2. The molecule has 3 heteroatoms. The van der Waals surface area contributed by atoms with Gasteiger partial charge in [-0.2, -0.15) is 0 Å². The van der Waals surface area contributed by atoms with E-state index in [-0.39, 0.29) is 0 Å². The summed E-state index contributed by atoms with van der Waals surface area (Å²) >= 11 is 10.1. The van der Waals surface area contributed by atoms with Gasteiger partial charge >= 0.3 is 0 Å². The Kier molecular flexibility index (Phi) is 5.43. The minimum atomic E-state index is 0.813. The highest BCUT2D eigenvalue weighted by molar-refractivity contribution is 14.1. The van der Waals surface area contributed by atoms with Crippen LogP contribution < -0.4 is 0 Å². The van der Waals surface area contributed by atoms with Crippen LogP contribution in [0.1, 0.15) is 6.42 Å². The van der Waals surface area contributed by atoms with Crippen molar-refractivity contribution in [1.82, 2.24) is 0 Å². The molecule has 0 aromatic heterocycles. The molecule has 0 radical (unpaired) electrons. The molecule has 0 heterocycles. The van der Waals surface area contributed by atoms with Crippen molar-refractivity contribution < 1.29 is 0 Å². The predicted molar refractivity (Wildman–Crippen MR) is 65.7 cm³/mol. The van der Waals surface area contributed by atoms with E-state index in [1.165, 1.54) is 21.5 Å². The first kappa shape index (κ1) is 10.7. The number of benzene rings is 1. The van der Waals surface area contributed by atoms with Gasteiger partial charge < -0.3 is 0 Å². The second-order valence-corrected chi connectivity index (χ2v) is 5.03. The van der Waals surface area contributed by atoms with Gasteiger partial charge in [0.1, 0.15) is 0 Å². The van der Waals surface area contributed by atoms with Gasteiger partial charge in [-0.25, -0.2) is 0 Å². The molecule has 12 heavy (non-hydrogen) atoms. The van der Waals surface area contributed by atoms with Crippen LogP contribution in [0.2, 0.25) is 5.02 Å². The topological polar surface area (TPSA) is 0 Å². The van der Waals surface area contributed by atoms with Crippen molar-refractivity contribution >= 4 is 46.0 Å². The van der Waals surface area contributed by atoms with Gasteiger partial charge in [-0.15, -0.1) is 11.8 Å². The van der Waals surface area contributed by atoms with Crippen LogP contribution in [-0.4, -0.2) is 10.2 Å². The van der Waals surface area contributed by atoms with Gasteiger partial charge in [-0.1, -0.05) is 34.2 Å². The molecule has 0 atom stereocenters. The molecule has 0 aliphatic rings.